The van der Waals surface area contributed by atoms with Crippen LogP contribution < -0.4 is 16.5 Å². The third kappa shape index (κ3) is 3.62. The highest BCUT2D eigenvalue weighted by molar-refractivity contribution is 7.86. The lowest BCUT2D eigenvalue weighted by molar-refractivity contribution is -0.176. The third-order valence-electron chi connectivity index (χ3n) is 4.97. The molecule has 0 bridgehead atoms. The number of nitrogen functional groups attached to an aromatic ring is 1. The number of hydrogen-bond acceptors (Lipinski definition) is 7. The van der Waals surface area contributed by atoms with Gasteiger partial charge in [0.25, 0.3) is 10.1 Å². The molecule has 0 unspecified atom stereocenters. The van der Waals surface area contributed by atoms with Gasteiger partial charge in [-0.2, -0.15) is 16.8 Å². The Balaban J connectivity index is 2.40. The van der Waals surface area contributed by atoms with Gasteiger partial charge in [0.2, 0.25) is 10.3 Å². The first kappa shape index (κ1) is 22.4. The van der Waals surface area contributed by atoms with Gasteiger partial charge in [0.1, 0.15) is 0 Å². The van der Waals surface area contributed by atoms with Crippen molar-refractivity contribution >= 4 is 42.9 Å². The smallest absolute Gasteiger partial charge is 0.336 e. The van der Waals surface area contributed by atoms with Crippen molar-refractivity contribution in [1.29, 1.82) is 0 Å². The fraction of sp³-hybridized carbons (Fsp3) is 0. The van der Waals surface area contributed by atoms with E-state index in [4.69, 9.17) is 15.6 Å². The van der Waals surface area contributed by atoms with E-state index in [0.717, 1.165) is 0 Å². The van der Waals surface area contributed by atoms with Gasteiger partial charge in [-0.05, 0) is 29.8 Å². The Morgan fingerprint density at radius 2 is 1.52 bits per heavy atom. The quantitative estimate of drug-likeness (QED) is 0.153. The van der Waals surface area contributed by atoms with Gasteiger partial charge >= 0.3 is 16.1 Å². The molecule has 1 heterocycles. The minimum atomic E-state index is -4.99. The standard InChI is InChI=1S/C20H14N2O9S2/c21-13-7-5-11-15(9-3-1-2-4-10(9)20(23)24)12-6-8-14(22)19(33(28,29)30)17(12)31-16(11)18(13)32(25,26)27/h1-8,21H,22H2,(H,23,24)(H,25,26,27)(H,28,29,30)/p+1. The van der Waals surface area contributed by atoms with Gasteiger partial charge in [-0.1, -0.05) is 18.2 Å². The summed E-state index contributed by atoms with van der Waals surface area (Å²) in [7, 11) is -9.98. The summed E-state index contributed by atoms with van der Waals surface area (Å²) in [6.07, 6.45) is 0. The van der Waals surface area contributed by atoms with Crippen molar-refractivity contribution < 1.29 is 45.7 Å². The van der Waals surface area contributed by atoms with Crippen LogP contribution in [0.1, 0.15) is 10.4 Å². The molecule has 1 aliphatic carbocycles. The number of anilines is 1. The van der Waals surface area contributed by atoms with Gasteiger partial charge in [-0.25, -0.2) is 4.79 Å². The number of carboxylic acids is 1. The Morgan fingerprint density at radius 3 is 2.12 bits per heavy atom. The largest absolute Gasteiger partial charge is 0.478 e. The van der Waals surface area contributed by atoms with E-state index in [1.807, 2.05) is 0 Å². The molecule has 0 saturated heterocycles. The second kappa shape index (κ2) is 7.38. The number of nitrogens with two attached hydrogens (primary N) is 2. The van der Waals surface area contributed by atoms with E-state index in [1.165, 1.54) is 48.5 Å². The SMILES string of the molecule is Nc1ccc2c(-c3ccccc3C(=O)O)c3ccc(=[NH2+])c(S(=O)(=O)O)c-3oc2c1S(=O)(=O)O. The zero-order valence-electron chi connectivity index (χ0n) is 16.4. The number of fused-ring (bicyclic) bond motifs is 2. The normalized spacial score (nSPS) is 12.3. The van der Waals surface area contributed by atoms with Crippen LogP contribution in [0.15, 0.2) is 62.7 Å². The summed E-state index contributed by atoms with van der Waals surface area (Å²) < 4.78 is 73.6. The van der Waals surface area contributed by atoms with E-state index in [1.54, 1.807) is 0 Å². The van der Waals surface area contributed by atoms with Crippen molar-refractivity contribution in [2.24, 2.45) is 0 Å². The van der Waals surface area contributed by atoms with Crippen LogP contribution in [0.3, 0.4) is 0 Å². The second-order valence-corrected chi connectivity index (χ2v) is 9.72. The molecule has 0 saturated carbocycles. The third-order valence-corrected chi connectivity index (χ3v) is 6.84. The van der Waals surface area contributed by atoms with Crippen LogP contribution in [-0.2, 0) is 20.2 Å². The Bertz CT molecular complexity index is 1720. The van der Waals surface area contributed by atoms with E-state index >= 15 is 0 Å². The van der Waals surface area contributed by atoms with E-state index in [-0.39, 0.29) is 27.6 Å². The van der Waals surface area contributed by atoms with Gasteiger partial charge < -0.3 is 15.3 Å². The fourth-order valence-corrected chi connectivity index (χ4v) is 5.21. The topological polar surface area (TPSA) is 211 Å². The average molecular weight is 491 g/mol. The first-order valence-electron chi connectivity index (χ1n) is 9.00. The predicted octanol–water partition coefficient (Wildman–Crippen LogP) is 0.638. The maximum absolute atomic E-state index is 12.1. The Morgan fingerprint density at radius 1 is 0.879 bits per heavy atom. The zero-order chi connectivity index (χ0) is 24.3. The maximum Gasteiger partial charge on any atom is 0.336 e. The molecule has 11 nitrogen and oxygen atoms in total. The van der Waals surface area contributed by atoms with Gasteiger partial charge in [0, 0.05) is 22.6 Å². The highest BCUT2D eigenvalue weighted by Gasteiger charge is 2.32. The molecule has 13 heteroatoms. The number of rotatable bonds is 4. The number of benzene rings is 3. The maximum atomic E-state index is 12.1. The Hall–Kier alpha value is -3.78. The Kier molecular flexibility index (Phi) is 5.01. The van der Waals surface area contributed by atoms with Crippen LogP contribution >= 0.6 is 0 Å². The van der Waals surface area contributed by atoms with Crippen molar-refractivity contribution in [3.63, 3.8) is 0 Å². The molecule has 0 fully saturated rings. The second-order valence-electron chi connectivity index (χ2n) is 7.00. The molecule has 4 rings (SSSR count). The van der Waals surface area contributed by atoms with Crippen molar-refractivity contribution in [1.82, 2.24) is 0 Å². The minimum absolute atomic E-state index is 0.00378. The van der Waals surface area contributed by atoms with E-state index in [2.05, 4.69) is 0 Å². The van der Waals surface area contributed by atoms with Gasteiger partial charge in [0.15, 0.2) is 16.2 Å². The molecule has 0 aromatic heterocycles. The highest BCUT2D eigenvalue weighted by atomic mass is 32.2. The van der Waals surface area contributed by atoms with Crippen molar-refractivity contribution in [2.45, 2.75) is 9.79 Å². The van der Waals surface area contributed by atoms with Crippen LogP contribution in [0.5, 0.6) is 0 Å². The molecular weight excluding hydrogens is 476 g/mol. The lowest BCUT2D eigenvalue weighted by Gasteiger charge is -2.19. The number of aromatic carboxylic acids is 1. The lowest BCUT2D eigenvalue weighted by Crippen LogP contribution is -2.47. The molecular formula is C20H15N2O9S2+. The number of carboxylic acid groups (broad SMARTS) is 1. The van der Waals surface area contributed by atoms with Crippen LogP contribution in [0.25, 0.3) is 33.4 Å². The predicted molar refractivity (Wildman–Crippen MR) is 114 cm³/mol. The first-order valence-corrected chi connectivity index (χ1v) is 11.9. The molecule has 2 aliphatic rings. The molecule has 7 N–H and O–H groups in total. The summed E-state index contributed by atoms with van der Waals surface area (Å²) in [6.45, 7) is 0. The summed E-state index contributed by atoms with van der Waals surface area (Å²) in [6, 6.07) is 10.7. The number of carbonyl (C=O) groups is 1. The molecule has 33 heavy (non-hydrogen) atoms. The van der Waals surface area contributed by atoms with E-state index in [9.17, 15) is 35.8 Å². The molecule has 1 aliphatic heterocycles. The lowest BCUT2D eigenvalue weighted by atomic mass is 9.90. The van der Waals surface area contributed by atoms with E-state index < -0.39 is 58.4 Å². The summed E-state index contributed by atoms with van der Waals surface area (Å²) in [5.74, 6) is -1.88. The van der Waals surface area contributed by atoms with Crippen LogP contribution in [0.4, 0.5) is 5.69 Å². The molecule has 2 aromatic carbocycles. The highest BCUT2D eigenvalue weighted by Crippen LogP contribution is 2.45. The average Bonchev–Trinajstić information content (AvgIpc) is 2.69. The summed E-state index contributed by atoms with van der Waals surface area (Å²) in [5.41, 5.74) is 4.72. The van der Waals surface area contributed by atoms with Crippen molar-refractivity contribution in [2.75, 3.05) is 5.73 Å². The molecule has 2 aromatic rings. The van der Waals surface area contributed by atoms with Crippen LogP contribution in [0.2, 0.25) is 0 Å². The van der Waals surface area contributed by atoms with E-state index in [0.29, 0.717) is 0 Å². The van der Waals surface area contributed by atoms with Gasteiger partial charge in [0.05, 0.1) is 11.3 Å². The van der Waals surface area contributed by atoms with Crippen molar-refractivity contribution in [3.8, 4) is 22.5 Å². The molecule has 0 amide bonds. The van der Waals surface area contributed by atoms with Crippen LogP contribution in [0, 0.1) is 0 Å². The fourth-order valence-electron chi connectivity index (χ4n) is 3.71. The van der Waals surface area contributed by atoms with Crippen molar-refractivity contribution in [3.05, 3.63) is 59.5 Å². The van der Waals surface area contributed by atoms with Gasteiger partial charge in [-0.15, -0.1) is 0 Å². The summed E-state index contributed by atoms with van der Waals surface area (Å²) in [4.78, 5) is 10.2. The molecule has 170 valence electrons. The minimum Gasteiger partial charge on any atom is -0.478 e. The molecule has 0 atom stereocenters. The number of hydrogen-bond donors (Lipinski definition) is 5. The Labute approximate surface area is 186 Å². The van der Waals surface area contributed by atoms with Crippen LogP contribution in [-0.4, -0.2) is 37.0 Å². The molecule has 0 radical (unpaired) electrons. The summed E-state index contributed by atoms with van der Waals surface area (Å²) in [5, 5.41) is 15.0. The van der Waals surface area contributed by atoms with Gasteiger partial charge in [-0.3, -0.25) is 14.5 Å². The zero-order valence-corrected chi connectivity index (χ0v) is 18.0. The summed E-state index contributed by atoms with van der Waals surface area (Å²) >= 11 is 0. The first-order chi connectivity index (χ1) is 15.3. The molecule has 0 spiro atoms. The monoisotopic (exact) mass is 491 g/mol.